The summed E-state index contributed by atoms with van der Waals surface area (Å²) in [4.78, 5) is 23.5. The highest BCUT2D eigenvalue weighted by atomic mass is 31.2. The van der Waals surface area contributed by atoms with Crippen molar-refractivity contribution in [1.82, 2.24) is 0 Å². The molecule has 204 valence electrons. The first-order valence-electron chi connectivity index (χ1n) is 12.7. The Labute approximate surface area is 212 Å². The maximum Gasteiger partial charge on any atom is 0.305 e. The van der Waals surface area contributed by atoms with Crippen LogP contribution in [0.1, 0.15) is 71.1 Å². The number of ether oxygens (including phenoxy) is 1. The van der Waals surface area contributed by atoms with Crippen LogP contribution >= 0.6 is 7.82 Å². The fourth-order valence-corrected chi connectivity index (χ4v) is 3.57. The van der Waals surface area contributed by atoms with Crippen LogP contribution < -0.4 is 4.89 Å². The van der Waals surface area contributed by atoms with Gasteiger partial charge in [-0.1, -0.05) is 62.6 Å². The van der Waals surface area contributed by atoms with Crippen molar-refractivity contribution in [3.8, 4) is 0 Å². The van der Waals surface area contributed by atoms with E-state index < -0.39 is 26.5 Å². The number of phosphoric acid groups is 1. The van der Waals surface area contributed by atoms with Crippen LogP contribution in [0.4, 0.5) is 0 Å². The highest BCUT2D eigenvalue weighted by Gasteiger charge is 2.16. The lowest BCUT2D eigenvalue weighted by Gasteiger charge is -2.27. The molecule has 35 heavy (non-hydrogen) atoms. The Bertz CT molecular complexity index is 671. The van der Waals surface area contributed by atoms with E-state index in [9.17, 15) is 19.4 Å². The smallest absolute Gasteiger partial charge is 0.305 e. The van der Waals surface area contributed by atoms with Gasteiger partial charge >= 0.3 is 5.97 Å². The Balaban J connectivity index is 3.66. The quantitative estimate of drug-likeness (QED) is 0.0730. The van der Waals surface area contributed by atoms with E-state index >= 15 is 0 Å². The van der Waals surface area contributed by atoms with Gasteiger partial charge in [-0.2, -0.15) is 0 Å². The third kappa shape index (κ3) is 25.6. The molecule has 2 unspecified atom stereocenters. The Morgan fingerprint density at radius 2 is 1.51 bits per heavy atom. The molecule has 0 aliphatic heterocycles. The van der Waals surface area contributed by atoms with Gasteiger partial charge in [0, 0.05) is 6.42 Å². The van der Waals surface area contributed by atoms with E-state index in [-0.39, 0.29) is 19.6 Å². The molecule has 0 aromatic carbocycles. The number of unbranched alkanes of at least 4 members (excludes halogenated alkanes) is 5. The van der Waals surface area contributed by atoms with Gasteiger partial charge in [-0.3, -0.25) is 9.36 Å². The van der Waals surface area contributed by atoms with Gasteiger partial charge < -0.3 is 28.3 Å². The number of hydrogen-bond acceptors (Lipinski definition) is 7. The molecule has 0 aromatic heterocycles. The molecule has 0 amide bonds. The molecule has 0 rings (SSSR count). The molecule has 0 aliphatic carbocycles. The summed E-state index contributed by atoms with van der Waals surface area (Å²) in [6.07, 6.45) is 21.3. The molecule has 8 nitrogen and oxygen atoms in total. The average molecular weight is 518 g/mol. The van der Waals surface area contributed by atoms with Crippen molar-refractivity contribution in [3.05, 3.63) is 36.5 Å². The second-order valence-electron chi connectivity index (χ2n) is 9.53. The normalized spacial score (nSPS) is 15.3. The zero-order chi connectivity index (χ0) is 26.4. The number of phosphoric ester groups is 1. The van der Waals surface area contributed by atoms with Gasteiger partial charge in [-0.15, -0.1) is 0 Å². The number of hydrogen-bond donors (Lipinski definition) is 1. The predicted octanol–water partition coefficient (Wildman–Crippen LogP) is 4.69. The molecule has 9 heteroatoms. The van der Waals surface area contributed by atoms with Crippen molar-refractivity contribution in [3.63, 3.8) is 0 Å². The fraction of sp³-hybridized carbons (Fsp3) is 0.731. The van der Waals surface area contributed by atoms with Crippen molar-refractivity contribution in [2.24, 2.45) is 0 Å². The van der Waals surface area contributed by atoms with Crippen molar-refractivity contribution in [1.29, 1.82) is 0 Å². The highest BCUT2D eigenvalue weighted by Crippen LogP contribution is 2.38. The van der Waals surface area contributed by atoms with Gasteiger partial charge in [-0.25, -0.2) is 0 Å². The summed E-state index contributed by atoms with van der Waals surface area (Å²) in [6.45, 7) is 1.78. The van der Waals surface area contributed by atoms with Crippen molar-refractivity contribution >= 4 is 13.8 Å². The number of esters is 1. The molecular formula is C26H48NO7P. The standard InChI is InChI=1S/C26H48NO7P/c1-5-6-7-8-9-10-11-12-13-14-15-16-17-18-19-20-26(29)32-23-25(28)24-34-35(30,31)33-22-21-27(2,3)4/h6-7,9-10,12-13,25,28H,5,8,11,14-24H2,1-4H3/b7-6-,10-9-,13-12-. The number of quaternary nitrogens is 1. The zero-order valence-electron chi connectivity index (χ0n) is 22.2. The van der Waals surface area contributed by atoms with E-state index in [1.54, 1.807) is 0 Å². The van der Waals surface area contributed by atoms with Crippen LogP contribution in [0.15, 0.2) is 36.5 Å². The topological polar surface area (TPSA) is 105 Å². The molecule has 0 aromatic rings. The monoisotopic (exact) mass is 517 g/mol. The number of nitrogens with zero attached hydrogens (tertiary/aromatic N) is 1. The number of aliphatic hydroxyl groups excluding tert-OH is 1. The summed E-state index contributed by atoms with van der Waals surface area (Å²) < 4.78 is 26.6. The minimum absolute atomic E-state index is 0.0128. The summed E-state index contributed by atoms with van der Waals surface area (Å²) in [5, 5.41) is 9.79. The number of aliphatic hydroxyl groups is 1. The van der Waals surface area contributed by atoms with Crippen LogP contribution in [-0.4, -0.2) is 69.2 Å². The van der Waals surface area contributed by atoms with Gasteiger partial charge in [-0.05, 0) is 38.5 Å². The summed E-state index contributed by atoms with van der Waals surface area (Å²) in [7, 11) is 1.23. The molecule has 0 aliphatic rings. The summed E-state index contributed by atoms with van der Waals surface area (Å²) in [5.74, 6) is -0.408. The first-order chi connectivity index (χ1) is 16.6. The molecule has 0 spiro atoms. The van der Waals surface area contributed by atoms with Crippen LogP contribution in [-0.2, 0) is 23.1 Å². The number of rotatable bonds is 22. The molecule has 0 heterocycles. The largest absolute Gasteiger partial charge is 0.756 e. The molecule has 0 bridgehead atoms. The van der Waals surface area contributed by atoms with Gasteiger partial charge in [0.25, 0.3) is 7.82 Å². The van der Waals surface area contributed by atoms with Crippen molar-refractivity contribution in [2.45, 2.75) is 77.2 Å². The van der Waals surface area contributed by atoms with E-state index in [0.29, 0.717) is 11.0 Å². The van der Waals surface area contributed by atoms with Crippen LogP contribution in [0, 0.1) is 0 Å². The Hall–Kier alpha value is -1.28. The van der Waals surface area contributed by atoms with Gasteiger partial charge in [0.15, 0.2) is 0 Å². The van der Waals surface area contributed by atoms with E-state index in [2.05, 4.69) is 47.9 Å². The Kier molecular flexibility index (Phi) is 20.1. The molecule has 0 saturated carbocycles. The zero-order valence-corrected chi connectivity index (χ0v) is 23.1. The van der Waals surface area contributed by atoms with Crippen LogP contribution in [0.5, 0.6) is 0 Å². The maximum absolute atomic E-state index is 11.8. The van der Waals surface area contributed by atoms with Gasteiger partial charge in [0.2, 0.25) is 0 Å². The summed E-state index contributed by atoms with van der Waals surface area (Å²) in [6, 6.07) is 0. The van der Waals surface area contributed by atoms with Crippen molar-refractivity contribution < 1.29 is 37.6 Å². The third-order valence-corrected chi connectivity index (χ3v) is 5.87. The third-order valence-electron chi connectivity index (χ3n) is 4.90. The molecule has 0 radical (unpaired) electrons. The van der Waals surface area contributed by atoms with Crippen LogP contribution in [0.2, 0.25) is 0 Å². The lowest BCUT2D eigenvalue weighted by molar-refractivity contribution is -0.870. The average Bonchev–Trinajstić information content (AvgIpc) is 2.78. The lowest BCUT2D eigenvalue weighted by atomic mass is 10.1. The van der Waals surface area contributed by atoms with Crippen LogP contribution in [0.3, 0.4) is 0 Å². The van der Waals surface area contributed by atoms with E-state index in [1.807, 2.05) is 21.1 Å². The number of carbonyl (C=O) groups is 1. The predicted molar refractivity (Wildman–Crippen MR) is 139 cm³/mol. The first kappa shape index (κ1) is 33.7. The summed E-state index contributed by atoms with van der Waals surface area (Å²) >= 11 is 0. The Morgan fingerprint density at radius 1 is 0.914 bits per heavy atom. The van der Waals surface area contributed by atoms with Crippen LogP contribution in [0.25, 0.3) is 0 Å². The SMILES string of the molecule is CC/C=C\C/C=C\C/C=C\CCCCCCCC(=O)OCC(O)COP(=O)([O-])OCC[N+](C)(C)C. The lowest BCUT2D eigenvalue weighted by Crippen LogP contribution is -2.37. The number of allylic oxidation sites excluding steroid dienone is 6. The van der Waals surface area contributed by atoms with E-state index in [4.69, 9.17) is 9.26 Å². The molecule has 0 fully saturated rings. The molecule has 2 atom stereocenters. The minimum Gasteiger partial charge on any atom is -0.756 e. The van der Waals surface area contributed by atoms with Gasteiger partial charge in [0.05, 0.1) is 27.7 Å². The van der Waals surface area contributed by atoms with E-state index in [0.717, 1.165) is 57.8 Å². The van der Waals surface area contributed by atoms with Gasteiger partial charge in [0.1, 0.15) is 25.9 Å². The molecule has 1 N–H and O–H groups in total. The van der Waals surface area contributed by atoms with Crippen molar-refractivity contribution in [2.75, 3.05) is 47.5 Å². The number of likely N-dealkylation sites (N-methyl/N-ethyl adjacent to an activating group) is 1. The highest BCUT2D eigenvalue weighted by molar-refractivity contribution is 7.45. The second-order valence-corrected chi connectivity index (χ2v) is 10.9. The van der Waals surface area contributed by atoms with E-state index in [1.165, 1.54) is 0 Å². The Morgan fingerprint density at radius 3 is 2.17 bits per heavy atom. The first-order valence-corrected chi connectivity index (χ1v) is 14.2. The minimum atomic E-state index is -4.50. The molecular weight excluding hydrogens is 469 g/mol. The summed E-state index contributed by atoms with van der Waals surface area (Å²) in [5.41, 5.74) is 0. The number of carbonyl (C=O) groups excluding carboxylic acids is 1. The second kappa shape index (κ2) is 20.9. The fourth-order valence-electron chi connectivity index (χ4n) is 2.84. The molecule has 0 saturated heterocycles. The maximum atomic E-state index is 11.8.